The van der Waals surface area contributed by atoms with E-state index in [-0.39, 0.29) is 0 Å². The Balaban J connectivity index is 1.12. The number of hydrogen-bond donors (Lipinski definition) is 0. The third kappa shape index (κ3) is 5.87. The fourth-order valence-electron chi connectivity index (χ4n) is 14.3. The second-order valence-corrected chi connectivity index (χ2v) is 25.5. The van der Waals surface area contributed by atoms with Crippen molar-refractivity contribution in [1.82, 2.24) is 19.9 Å². The summed E-state index contributed by atoms with van der Waals surface area (Å²) in [6.07, 6.45) is 30.0. The van der Waals surface area contributed by atoms with E-state index in [4.69, 9.17) is 9.97 Å². The summed E-state index contributed by atoms with van der Waals surface area (Å²) in [5.74, 6) is 1.90. The first-order valence-electron chi connectivity index (χ1n) is 18.4. The van der Waals surface area contributed by atoms with Gasteiger partial charge in [-0.2, -0.15) is 0 Å². The van der Waals surface area contributed by atoms with Crippen LogP contribution in [0.4, 0.5) is 0 Å². The van der Waals surface area contributed by atoms with Gasteiger partial charge in [0.05, 0.1) is 23.3 Å². The van der Waals surface area contributed by atoms with E-state index in [1.165, 1.54) is 82.6 Å². The maximum Gasteiger partial charge on any atom is 0.0877 e. The molecule has 3 aromatic rings. The third-order valence-corrected chi connectivity index (χ3v) is 20.1. The van der Waals surface area contributed by atoms with Crippen molar-refractivity contribution in [2.45, 2.75) is 127 Å². The second kappa shape index (κ2) is 11.1. The molecule has 47 heavy (non-hydrogen) atoms. The van der Waals surface area contributed by atoms with E-state index in [0.717, 1.165) is 46.0 Å². The minimum Gasteiger partial charge on any atom is -0.261 e. The molecule has 7 heteroatoms. The first-order chi connectivity index (χ1) is 22.4. The lowest BCUT2D eigenvalue weighted by atomic mass is 9.45. The molecule has 8 saturated carbocycles. The molecule has 4 nitrogen and oxygen atoms in total. The van der Waals surface area contributed by atoms with Crippen molar-refractivity contribution in [1.29, 1.82) is 0 Å². The molecule has 248 valence electrons. The summed E-state index contributed by atoms with van der Waals surface area (Å²) in [4.78, 5) is 18.7. The topological polar surface area (TPSA) is 51.6 Å². The largest absolute Gasteiger partial charge is 0.261 e. The van der Waals surface area contributed by atoms with Crippen LogP contribution in [0.5, 0.6) is 0 Å². The van der Waals surface area contributed by atoms with E-state index < -0.39 is 7.92 Å². The normalized spacial score (nSPS) is 42.4. The number of aromatic nitrogens is 4. The van der Waals surface area contributed by atoms with Crippen molar-refractivity contribution in [3.8, 4) is 0 Å². The van der Waals surface area contributed by atoms with Gasteiger partial charge in [0.2, 0.25) is 0 Å². The first kappa shape index (κ1) is 31.6. The van der Waals surface area contributed by atoms with Crippen molar-refractivity contribution in [3.63, 3.8) is 0 Å². The molecule has 0 saturated heterocycles. The van der Waals surface area contributed by atoms with Gasteiger partial charge < -0.3 is 0 Å². The Morgan fingerprint density at radius 3 is 1.53 bits per heavy atom. The summed E-state index contributed by atoms with van der Waals surface area (Å²) in [6.45, 7) is 10.7. The van der Waals surface area contributed by atoms with Crippen LogP contribution >= 0.6 is 25.1 Å². The van der Waals surface area contributed by atoms with Crippen LogP contribution in [0.15, 0.2) is 61.4 Å². The van der Waals surface area contributed by atoms with E-state index >= 15 is 0 Å². The van der Waals surface area contributed by atoms with Gasteiger partial charge in [-0.15, -0.1) is 17.2 Å². The molecule has 11 rings (SSSR count). The van der Waals surface area contributed by atoms with Gasteiger partial charge in [-0.3, -0.25) is 19.9 Å². The molecule has 2 heterocycles. The second-order valence-electron chi connectivity index (χ2n) is 19.0. The van der Waals surface area contributed by atoms with Crippen LogP contribution in [-0.2, 0) is 6.16 Å². The molecule has 6 atom stereocenters. The van der Waals surface area contributed by atoms with E-state index in [9.17, 15) is 0 Å². The van der Waals surface area contributed by atoms with E-state index in [0.29, 0.717) is 37.4 Å². The number of hydrogen-bond acceptors (Lipinski definition) is 4. The lowest BCUT2D eigenvalue weighted by Crippen LogP contribution is -2.57. The zero-order valence-electron chi connectivity index (χ0n) is 28.9. The summed E-state index contributed by atoms with van der Waals surface area (Å²) in [7, 11) is 1.27. The van der Waals surface area contributed by atoms with Crippen LogP contribution < -0.4 is 10.9 Å². The standard InChI is InChI=1S/C40H53N4P3/c1-35-13-28-14-36(2,22-35)25-39(17-28,24-35)45-34(46-40-18-29-15-37(3,26-40)23-38(4,16-29)27-40)31-8-6-5-7-30(31)21-47(32-19-41-9-11-43-32)33-20-42-10-12-44-33/h5-12,19-20,28-29,34,45-46H,13-18,21-27H2,1-4H3. The van der Waals surface area contributed by atoms with Crippen LogP contribution in [0.3, 0.4) is 0 Å². The third-order valence-electron chi connectivity index (χ3n) is 13.5. The van der Waals surface area contributed by atoms with Gasteiger partial charge in [0.25, 0.3) is 0 Å². The average molecular weight is 683 g/mol. The molecule has 0 aliphatic heterocycles. The molecule has 0 radical (unpaired) electrons. The van der Waals surface area contributed by atoms with Gasteiger partial charge in [0, 0.05) is 44.3 Å². The molecule has 2 aromatic heterocycles. The van der Waals surface area contributed by atoms with Gasteiger partial charge in [-0.1, -0.05) is 52.0 Å². The number of benzene rings is 1. The monoisotopic (exact) mass is 682 g/mol. The SMILES string of the molecule is CC12CC3CC(C)(C1)CC(PC(PC14CC5CC(C)(CC(C)(C5)C1)C4)c1ccccc1CP(c1cnccn1)c1cnccn1)(C3)C2. The Morgan fingerprint density at radius 2 is 1.11 bits per heavy atom. The molecule has 8 fully saturated rings. The van der Waals surface area contributed by atoms with Crippen molar-refractivity contribution < 1.29 is 0 Å². The van der Waals surface area contributed by atoms with Gasteiger partial charge >= 0.3 is 0 Å². The molecule has 8 bridgehead atoms. The van der Waals surface area contributed by atoms with Gasteiger partial charge in [-0.05, 0) is 132 Å². The first-order valence-corrected chi connectivity index (χ1v) is 22.0. The maximum absolute atomic E-state index is 4.85. The van der Waals surface area contributed by atoms with Crippen LogP contribution in [0.25, 0.3) is 0 Å². The summed E-state index contributed by atoms with van der Waals surface area (Å²) >= 11 is 0. The van der Waals surface area contributed by atoms with Crippen LogP contribution in [0.1, 0.15) is 121 Å². The lowest BCUT2D eigenvalue weighted by Gasteiger charge is -2.67. The highest BCUT2D eigenvalue weighted by Crippen LogP contribution is 2.78. The van der Waals surface area contributed by atoms with Gasteiger partial charge in [0.1, 0.15) is 0 Å². The summed E-state index contributed by atoms with van der Waals surface area (Å²) < 4.78 is 0. The highest BCUT2D eigenvalue weighted by molar-refractivity contribution is 7.71. The van der Waals surface area contributed by atoms with Gasteiger partial charge in [0.15, 0.2) is 0 Å². The van der Waals surface area contributed by atoms with Crippen molar-refractivity contribution in [2.75, 3.05) is 0 Å². The van der Waals surface area contributed by atoms with E-state index in [1.807, 2.05) is 24.8 Å². The molecule has 8 aliphatic carbocycles. The highest BCUT2D eigenvalue weighted by atomic mass is 31.1. The fraction of sp³-hybridized carbons (Fsp3) is 0.650. The lowest BCUT2D eigenvalue weighted by molar-refractivity contribution is -0.0794. The number of rotatable bonds is 9. The molecular weight excluding hydrogens is 629 g/mol. The van der Waals surface area contributed by atoms with E-state index in [2.05, 4.69) is 61.9 Å². The zero-order valence-corrected chi connectivity index (χ0v) is 31.8. The Hall–Kier alpha value is -1.33. The molecule has 0 N–H and O–H groups in total. The molecule has 0 amide bonds. The summed E-state index contributed by atoms with van der Waals surface area (Å²) in [5.41, 5.74) is 7.55. The summed E-state index contributed by atoms with van der Waals surface area (Å²) in [6, 6.07) is 9.68. The predicted octanol–water partition coefficient (Wildman–Crippen LogP) is 9.75. The van der Waals surface area contributed by atoms with Crippen LogP contribution in [0.2, 0.25) is 0 Å². The van der Waals surface area contributed by atoms with Crippen LogP contribution in [0, 0.1) is 33.5 Å². The van der Waals surface area contributed by atoms with Crippen molar-refractivity contribution >= 4 is 36.0 Å². The molecule has 1 aromatic carbocycles. The molecule has 0 spiro atoms. The Kier molecular flexibility index (Phi) is 7.46. The Morgan fingerprint density at radius 1 is 0.638 bits per heavy atom. The zero-order chi connectivity index (χ0) is 32.1. The molecular formula is C40H53N4P3. The van der Waals surface area contributed by atoms with Crippen LogP contribution in [-0.4, -0.2) is 30.2 Å². The smallest absolute Gasteiger partial charge is 0.0877 e. The average Bonchev–Trinajstić information content (AvgIpc) is 2.97. The highest BCUT2D eigenvalue weighted by Gasteiger charge is 2.63. The van der Waals surface area contributed by atoms with E-state index in [1.54, 1.807) is 18.0 Å². The maximum atomic E-state index is 4.85. The minimum absolute atomic E-state index is 0.532. The van der Waals surface area contributed by atoms with Crippen molar-refractivity contribution in [2.24, 2.45) is 33.5 Å². The molecule has 8 aliphatic rings. The fourth-order valence-corrected chi connectivity index (χ4v) is 23.5. The van der Waals surface area contributed by atoms with Crippen molar-refractivity contribution in [3.05, 3.63) is 72.6 Å². The van der Waals surface area contributed by atoms with Gasteiger partial charge in [-0.25, -0.2) is 0 Å². The minimum atomic E-state index is -0.806. The molecule has 6 unspecified atom stereocenters. The Labute approximate surface area is 287 Å². The number of nitrogens with zero attached hydrogens (tertiary/aromatic N) is 4. The summed E-state index contributed by atoms with van der Waals surface area (Å²) in [5, 5.41) is 1.73. The quantitative estimate of drug-likeness (QED) is 0.211. The predicted molar refractivity (Wildman–Crippen MR) is 200 cm³/mol. The Bertz CT molecular complexity index is 1520.